The Hall–Kier alpha value is -4.48. The van der Waals surface area contributed by atoms with Crippen LogP contribution in [0.1, 0.15) is 60.0 Å². The van der Waals surface area contributed by atoms with E-state index >= 15 is 0 Å². The summed E-state index contributed by atoms with van der Waals surface area (Å²) in [5.41, 5.74) is 6.40. The van der Waals surface area contributed by atoms with Crippen LogP contribution in [0.5, 0.6) is 11.5 Å². The lowest BCUT2D eigenvalue weighted by molar-refractivity contribution is -0.136. The number of imide groups is 1. The summed E-state index contributed by atoms with van der Waals surface area (Å²) in [5.74, 6) is 1.09. The molecule has 3 saturated heterocycles. The van der Waals surface area contributed by atoms with Crippen LogP contribution in [0.2, 0.25) is 0 Å². The van der Waals surface area contributed by atoms with Gasteiger partial charge in [0.1, 0.15) is 11.5 Å². The molecule has 5 heterocycles. The second-order valence-corrected chi connectivity index (χ2v) is 15.9. The number of amides is 2. The number of aromatic nitrogens is 1. The molecule has 0 bridgehead atoms. The SMILES string of the molecule is COc1cc(-c2cn(C)c(=O)c3ccsc23)cc(OC)c1CN1CCC2(CC1)CN(c1ccc3c(c1)CC(CCC1CCC(=O)NC1=O)C3=O)C2. The third-order valence-corrected chi connectivity index (χ3v) is 12.8. The lowest BCUT2D eigenvalue weighted by atomic mass is 9.71. The molecule has 51 heavy (non-hydrogen) atoms. The van der Waals surface area contributed by atoms with E-state index in [4.69, 9.17) is 9.47 Å². The van der Waals surface area contributed by atoms with Gasteiger partial charge in [0, 0.05) is 78.1 Å². The summed E-state index contributed by atoms with van der Waals surface area (Å²) in [6, 6.07) is 12.3. The largest absolute Gasteiger partial charge is 0.496 e. The molecule has 0 saturated carbocycles. The van der Waals surface area contributed by atoms with Gasteiger partial charge in [-0.05, 0) is 105 Å². The molecular weight excluding hydrogens is 665 g/mol. The highest BCUT2D eigenvalue weighted by Crippen LogP contribution is 2.45. The first-order valence-electron chi connectivity index (χ1n) is 18.0. The number of nitrogens with one attached hydrogen (secondary N) is 1. The molecule has 1 spiro atoms. The number of likely N-dealkylation sites (tertiary alicyclic amines) is 1. The molecule has 2 unspecified atom stereocenters. The average Bonchev–Trinajstić information content (AvgIpc) is 3.73. The van der Waals surface area contributed by atoms with Crippen molar-refractivity contribution in [3.05, 3.63) is 75.0 Å². The Morgan fingerprint density at radius 3 is 2.35 bits per heavy atom. The minimum atomic E-state index is -0.199. The van der Waals surface area contributed by atoms with Crippen LogP contribution >= 0.6 is 11.3 Å². The van der Waals surface area contributed by atoms with Gasteiger partial charge in [-0.1, -0.05) is 0 Å². The summed E-state index contributed by atoms with van der Waals surface area (Å²) in [7, 11) is 5.19. The van der Waals surface area contributed by atoms with Crippen molar-refractivity contribution in [1.82, 2.24) is 14.8 Å². The summed E-state index contributed by atoms with van der Waals surface area (Å²) in [5, 5.41) is 5.12. The molecule has 3 aliphatic heterocycles. The van der Waals surface area contributed by atoms with Gasteiger partial charge in [-0.2, -0.15) is 0 Å². The minimum Gasteiger partial charge on any atom is -0.496 e. The molecule has 2 aromatic carbocycles. The zero-order chi connectivity index (χ0) is 35.4. The first-order valence-corrected chi connectivity index (χ1v) is 18.8. The van der Waals surface area contributed by atoms with E-state index in [1.54, 1.807) is 37.2 Å². The molecule has 10 nitrogen and oxygen atoms in total. The average molecular weight is 709 g/mol. The molecule has 266 valence electrons. The van der Waals surface area contributed by atoms with Crippen molar-refractivity contribution in [2.45, 2.75) is 51.5 Å². The van der Waals surface area contributed by atoms with E-state index in [0.717, 1.165) is 101 Å². The standard InChI is InChI=1S/C40H44N4O6S/c1-42-20-31(37-30(39(42)48)10-15-51-37)27-18-33(49-2)32(34(19-27)50-3)21-43-13-11-40(12-14-43)22-44(23-40)28-7-8-29-26(17-28)16-25(36(29)46)5-4-24-6-9-35(45)41-38(24)47/h7-8,10,15,17-20,24-25H,4-6,9,11-14,16,21-23H2,1-3H3,(H,41,45,47). The number of benzene rings is 2. The summed E-state index contributed by atoms with van der Waals surface area (Å²) >= 11 is 1.57. The van der Waals surface area contributed by atoms with Crippen LogP contribution < -0.4 is 25.2 Å². The molecule has 11 heteroatoms. The fraction of sp³-hybridized carbons (Fsp3) is 0.450. The van der Waals surface area contributed by atoms with Gasteiger partial charge in [-0.3, -0.25) is 29.4 Å². The van der Waals surface area contributed by atoms with Crippen LogP contribution in [0.4, 0.5) is 5.69 Å². The fourth-order valence-electron chi connectivity index (χ4n) is 8.77. The molecule has 4 aliphatic rings. The third kappa shape index (κ3) is 6.14. The van der Waals surface area contributed by atoms with Gasteiger partial charge in [0.2, 0.25) is 11.8 Å². The van der Waals surface area contributed by atoms with Crippen molar-refractivity contribution in [3.8, 4) is 22.6 Å². The van der Waals surface area contributed by atoms with Crippen LogP contribution in [-0.4, -0.2) is 67.5 Å². The van der Waals surface area contributed by atoms with Crippen LogP contribution in [0, 0.1) is 17.3 Å². The lowest BCUT2D eigenvalue weighted by Crippen LogP contribution is -2.60. The highest BCUT2D eigenvalue weighted by atomic mass is 32.1. The van der Waals surface area contributed by atoms with Crippen molar-refractivity contribution in [1.29, 1.82) is 0 Å². The van der Waals surface area contributed by atoms with E-state index in [0.29, 0.717) is 31.1 Å². The highest BCUT2D eigenvalue weighted by molar-refractivity contribution is 7.17. The number of hydrogen-bond donors (Lipinski definition) is 1. The Morgan fingerprint density at radius 1 is 0.922 bits per heavy atom. The predicted molar refractivity (Wildman–Crippen MR) is 198 cm³/mol. The Morgan fingerprint density at radius 2 is 1.65 bits per heavy atom. The Labute approximate surface area is 301 Å². The second kappa shape index (κ2) is 13.2. The van der Waals surface area contributed by atoms with Crippen molar-refractivity contribution in [2.75, 3.05) is 45.3 Å². The number of anilines is 1. The number of rotatable bonds is 9. The minimum absolute atomic E-state index is 0.000668. The summed E-state index contributed by atoms with van der Waals surface area (Å²) in [6.45, 7) is 4.75. The lowest BCUT2D eigenvalue weighted by Gasteiger charge is -2.55. The number of piperidine rings is 2. The Balaban J connectivity index is 0.887. The molecule has 1 aliphatic carbocycles. The number of aryl methyl sites for hydroxylation is 1. The van der Waals surface area contributed by atoms with Crippen LogP contribution in [0.25, 0.3) is 21.2 Å². The maximum absolute atomic E-state index is 13.2. The second-order valence-electron chi connectivity index (χ2n) is 14.9. The van der Waals surface area contributed by atoms with Crippen LogP contribution in [0.3, 0.4) is 0 Å². The van der Waals surface area contributed by atoms with E-state index in [1.165, 1.54) is 5.69 Å². The first-order chi connectivity index (χ1) is 24.6. The zero-order valence-electron chi connectivity index (χ0n) is 29.5. The zero-order valence-corrected chi connectivity index (χ0v) is 30.3. The van der Waals surface area contributed by atoms with Gasteiger partial charge in [0.05, 0.1) is 25.2 Å². The number of nitrogens with zero attached hydrogens (tertiary/aromatic N) is 3. The number of ether oxygens (including phenoxy) is 2. The number of Topliss-reactive ketones (excluding diaryl/α,β-unsaturated/α-hetero) is 1. The maximum atomic E-state index is 13.2. The van der Waals surface area contributed by atoms with Gasteiger partial charge in [0.15, 0.2) is 5.78 Å². The highest BCUT2D eigenvalue weighted by Gasteiger charge is 2.45. The molecule has 2 atom stereocenters. The number of ketones is 1. The topological polar surface area (TPSA) is 110 Å². The van der Waals surface area contributed by atoms with Gasteiger partial charge in [-0.15, -0.1) is 11.3 Å². The number of carbonyl (C=O) groups is 3. The Kier molecular flexibility index (Phi) is 8.74. The van der Waals surface area contributed by atoms with E-state index < -0.39 is 0 Å². The van der Waals surface area contributed by atoms with Crippen molar-refractivity contribution in [3.63, 3.8) is 0 Å². The molecule has 4 aromatic rings. The first kappa shape index (κ1) is 33.7. The summed E-state index contributed by atoms with van der Waals surface area (Å²) < 4.78 is 14.5. The molecule has 1 N–H and O–H groups in total. The van der Waals surface area contributed by atoms with E-state index in [2.05, 4.69) is 39.4 Å². The van der Waals surface area contributed by atoms with Gasteiger partial charge in [-0.25, -0.2) is 0 Å². The number of hydrogen-bond acceptors (Lipinski definition) is 9. The van der Waals surface area contributed by atoms with Gasteiger partial charge < -0.3 is 18.9 Å². The van der Waals surface area contributed by atoms with E-state index in [9.17, 15) is 19.2 Å². The number of pyridine rings is 1. The van der Waals surface area contributed by atoms with Gasteiger partial charge in [0.25, 0.3) is 5.56 Å². The molecule has 2 amide bonds. The smallest absolute Gasteiger partial charge is 0.259 e. The van der Waals surface area contributed by atoms with Gasteiger partial charge >= 0.3 is 0 Å². The predicted octanol–water partition coefficient (Wildman–Crippen LogP) is 5.57. The maximum Gasteiger partial charge on any atom is 0.259 e. The number of carbonyl (C=O) groups excluding carboxylic acids is 3. The normalized spacial score (nSPS) is 21.5. The Bertz CT molecular complexity index is 2080. The molecule has 0 radical (unpaired) electrons. The van der Waals surface area contributed by atoms with E-state index in [1.807, 2.05) is 23.7 Å². The summed E-state index contributed by atoms with van der Waals surface area (Å²) in [4.78, 5) is 54.5. The van der Waals surface area contributed by atoms with Crippen LogP contribution in [0.15, 0.2) is 52.8 Å². The number of thiophene rings is 1. The van der Waals surface area contributed by atoms with Crippen LogP contribution in [-0.2, 0) is 29.6 Å². The van der Waals surface area contributed by atoms with Crippen molar-refractivity contribution < 1.29 is 23.9 Å². The monoisotopic (exact) mass is 708 g/mol. The number of methoxy groups -OCH3 is 2. The quantitative estimate of drug-likeness (QED) is 0.225. The molecular formula is C40H44N4O6S. The number of fused-ring (bicyclic) bond motifs is 2. The summed E-state index contributed by atoms with van der Waals surface area (Å²) in [6.07, 6.45) is 7.12. The third-order valence-electron chi connectivity index (χ3n) is 11.8. The van der Waals surface area contributed by atoms with Crippen molar-refractivity contribution >= 4 is 44.7 Å². The van der Waals surface area contributed by atoms with Crippen molar-refractivity contribution in [2.24, 2.45) is 24.3 Å². The fourth-order valence-corrected chi connectivity index (χ4v) is 9.69. The molecule has 3 fully saturated rings. The molecule has 8 rings (SSSR count). The van der Waals surface area contributed by atoms with E-state index in [-0.39, 0.29) is 35.0 Å². The molecule has 2 aromatic heterocycles.